The summed E-state index contributed by atoms with van der Waals surface area (Å²) in [5.74, 6) is 1.07. The molecule has 1 amide bonds. The van der Waals surface area contributed by atoms with Crippen molar-refractivity contribution in [3.63, 3.8) is 0 Å². The van der Waals surface area contributed by atoms with Crippen LogP contribution in [0.2, 0.25) is 0 Å². The Morgan fingerprint density at radius 2 is 1.93 bits per heavy atom. The number of carbonyl (C=O) groups excluding carboxylic acids is 2. The van der Waals surface area contributed by atoms with Gasteiger partial charge in [0, 0.05) is 31.4 Å². The third-order valence-electron chi connectivity index (χ3n) is 5.31. The van der Waals surface area contributed by atoms with Crippen molar-refractivity contribution in [1.82, 2.24) is 14.7 Å². The zero-order valence-electron chi connectivity index (χ0n) is 18.5. The highest BCUT2D eigenvalue weighted by Crippen LogP contribution is 2.30. The summed E-state index contributed by atoms with van der Waals surface area (Å²) in [7, 11) is 1.57. The summed E-state index contributed by atoms with van der Waals surface area (Å²) >= 11 is 0. The van der Waals surface area contributed by atoms with Crippen LogP contribution in [0.5, 0.6) is 5.75 Å². The van der Waals surface area contributed by atoms with Gasteiger partial charge in [-0.2, -0.15) is 5.10 Å². The van der Waals surface area contributed by atoms with Crippen LogP contribution in [-0.4, -0.2) is 52.9 Å². The van der Waals surface area contributed by atoms with Crippen LogP contribution >= 0.6 is 0 Å². The lowest BCUT2D eigenvalue weighted by Gasteiger charge is -2.33. The van der Waals surface area contributed by atoms with Crippen molar-refractivity contribution in [2.24, 2.45) is 5.92 Å². The highest BCUT2D eigenvalue weighted by molar-refractivity contribution is 5.84. The van der Waals surface area contributed by atoms with E-state index in [1.165, 1.54) is 0 Å². The van der Waals surface area contributed by atoms with Gasteiger partial charge in [-0.1, -0.05) is 0 Å². The highest BCUT2D eigenvalue weighted by Gasteiger charge is 2.27. The second-order valence-corrected chi connectivity index (χ2v) is 8.90. The number of likely N-dealkylation sites (tertiary alicyclic amines) is 1. The van der Waals surface area contributed by atoms with E-state index in [0.29, 0.717) is 30.3 Å². The number of benzene rings is 1. The predicted molar refractivity (Wildman–Crippen MR) is 115 cm³/mol. The Morgan fingerprint density at radius 1 is 1.23 bits per heavy atom. The van der Waals surface area contributed by atoms with Gasteiger partial charge in [0.2, 0.25) is 0 Å². The molecule has 7 heteroatoms. The standard InChI is InChI=1S/C23H31N3O4/c1-16-10-18(11-19(15-27)21(16)29-5)20-12-24-26(14-20)13-17-6-8-25(9-7-17)22(28)30-23(2,3)4/h10-12,14-15,17H,6-9,13H2,1-5H3. The number of methoxy groups -OCH3 is 1. The summed E-state index contributed by atoms with van der Waals surface area (Å²) in [6, 6.07) is 3.84. The van der Waals surface area contributed by atoms with Gasteiger partial charge in [-0.05, 0) is 69.7 Å². The first kappa shape index (κ1) is 21.9. The fraction of sp³-hybridized carbons (Fsp3) is 0.522. The summed E-state index contributed by atoms with van der Waals surface area (Å²) in [6.45, 7) is 9.79. The number of ether oxygens (including phenoxy) is 2. The fourth-order valence-corrected chi connectivity index (χ4v) is 3.84. The van der Waals surface area contributed by atoms with Crippen LogP contribution in [0.25, 0.3) is 11.1 Å². The molecule has 0 bridgehead atoms. The molecule has 7 nitrogen and oxygen atoms in total. The maximum Gasteiger partial charge on any atom is 0.410 e. The van der Waals surface area contributed by atoms with Crippen LogP contribution in [-0.2, 0) is 11.3 Å². The molecular formula is C23H31N3O4. The smallest absolute Gasteiger partial charge is 0.410 e. The Kier molecular flexibility index (Phi) is 6.48. The minimum absolute atomic E-state index is 0.233. The van der Waals surface area contributed by atoms with Gasteiger partial charge >= 0.3 is 6.09 Å². The first-order valence-corrected chi connectivity index (χ1v) is 10.3. The van der Waals surface area contributed by atoms with Gasteiger partial charge in [0.1, 0.15) is 11.4 Å². The first-order valence-electron chi connectivity index (χ1n) is 10.3. The Balaban J connectivity index is 1.61. The van der Waals surface area contributed by atoms with E-state index in [4.69, 9.17) is 9.47 Å². The largest absolute Gasteiger partial charge is 0.496 e. The zero-order chi connectivity index (χ0) is 21.9. The van der Waals surface area contributed by atoms with E-state index in [-0.39, 0.29) is 6.09 Å². The number of piperidine rings is 1. The van der Waals surface area contributed by atoms with Gasteiger partial charge in [0.25, 0.3) is 0 Å². The van der Waals surface area contributed by atoms with Crippen LogP contribution < -0.4 is 4.74 Å². The van der Waals surface area contributed by atoms with Crippen molar-refractivity contribution >= 4 is 12.4 Å². The van der Waals surface area contributed by atoms with Crippen molar-refractivity contribution in [1.29, 1.82) is 0 Å². The van der Waals surface area contributed by atoms with E-state index in [1.54, 1.807) is 12.0 Å². The average molecular weight is 414 g/mol. The normalized spacial score (nSPS) is 15.2. The van der Waals surface area contributed by atoms with Crippen molar-refractivity contribution < 1.29 is 19.1 Å². The number of aromatic nitrogens is 2. The predicted octanol–water partition coefficient (Wildman–Crippen LogP) is 4.33. The molecule has 3 rings (SSSR count). The third-order valence-corrected chi connectivity index (χ3v) is 5.31. The van der Waals surface area contributed by atoms with Crippen LogP contribution in [0.15, 0.2) is 24.5 Å². The van der Waals surface area contributed by atoms with E-state index in [9.17, 15) is 9.59 Å². The number of rotatable bonds is 5. The van der Waals surface area contributed by atoms with Crippen LogP contribution in [0.4, 0.5) is 4.79 Å². The number of aldehydes is 1. The molecule has 1 saturated heterocycles. The monoisotopic (exact) mass is 413 g/mol. The summed E-state index contributed by atoms with van der Waals surface area (Å²) in [4.78, 5) is 25.4. The average Bonchev–Trinajstić information content (AvgIpc) is 3.15. The lowest BCUT2D eigenvalue weighted by molar-refractivity contribution is 0.0177. The fourth-order valence-electron chi connectivity index (χ4n) is 3.84. The molecule has 1 aromatic heterocycles. The van der Waals surface area contributed by atoms with E-state index < -0.39 is 5.60 Å². The molecule has 0 saturated carbocycles. The minimum atomic E-state index is -0.469. The van der Waals surface area contributed by atoms with E-state index >= 15 is 0 Å². The minimum Gasteiger partial charge on any atom is -0.496 e. The number of aryl methyl sites for hydroxylation is 1. The SMILES string of the molecule is COc1c(C)cc(-c2cnn(CC3CCN(C(=O)OC(C)(C)C)CC3)c2)cc1C=O. The molecule has 30 heavy (non-hydrogen) atoms. The van der Waals surface area contributed by atoms with Crippen molar-refractivity contribution in [2.45, 2.75) is 52.7 Å². The number of carbonyl (C=O) groups is 2. The maximum atomic E-state index is 12.2. The van der Waals surface area contributed by atoms with Crippen molar-refractivity contribution in [2.75, 3.05) is 20.2 Å². The van der Waals surface area contributed by atoms with Gasteiger partial charge in [-0.3, -0.25) is 9.48 Å². The molecule has 162 valence electrons. The molecule has 0 spiro atoms. The van der Waals surface area contributed by atoms with E-state index in [0.717, 1.165) is 42.4 Å². The van der Waals surface area contributed by atoms with Crippen molar-refractivity contribution in [3.05, 3.63) is 35.7 Å². The lowest BCUT2D eigenvalue weighted by Crippen LogP contribution is -2.42. The van der Waals surface area contributed by atoms with Crippen LogP contribution in [0.1, 0.15) is 49.5 Å². The molecule has 1 aliphatic heterocycles. The Labute approximate surface area is 178 Å². The maximum absolute atomic E-state index is 12.2. The quantitative estimate of drug-likeness (QED) is 0.682. The topological polar surface area (TPSA) is 73.7 Å². The number of nitrogens with zero attached hydrogens (tertiary/aromatic N) is 3. The van der Waals surface area contributed by atoms with Crippen LogP contribution in [0.3, 0.4) is 0 Å². The molecule has 0 atom stereocenters. The molecule has 2 aromatic rings. The molecule has 0 unspecified atom stereocenters. The Morgan fingerprint density at radius 3 is 2.53 bits per heavy atom. The molecular weight excluding hydrogens is 382 g/mol. The van der Waals surface area contributed by atoms with Gasteiger partial charge in [-0.25, -0.2) is 4.79 Å². The second-order valence-electron chi connectivity index (χ2n) is 8.90. The Bertz CT molecular complexity index is 906. The molecule has 0 N–H and O–H groups in total. The number of hydrogen-bond acceptors (Lipinski definition) is 5. The Hall–Kier alpha value is -2.83. The second kappa shape index (κ2) is 8.90. The van der Waals surface area contributed by atoms with Gasteiger partial charge < -0.3 is 14.4 Å². The zero-order valence-corrected chi connectivity index (χ0v) is 18.5. The summed E-state index contributed by atoms with van der Waals surface area (Å²) in [5, 5.41) is 4.51. The molecule has 0 aliphatic carbocycles. The third kappa shape index (κ3) is 5.20. The van der Waals surface area contributed by atoms with E-state index in [1.807, 2.05) is 56.9 Å². The lowest BCUT2D eigenvalue weighted by atomic mass is 9.97. The molecule has 1 aromatic carbocycles. The van der Waals surface area contributed by atoms with Crippen LogP contribution in [0, 0.1) is 12.8 Å². The molecule has 1 fully saturated rings. The highest BCUT2D eigenvalue weighted by atomic mass is 16.6. The summed E-state index contributed by atoms with van der Waals surface area (Å²) in [5.41, 5.74) is 2.90. The number of amides is 1. The summed E-state index contributed by atoms with van der Waals surface area (Å²) in [6.07, 6.45) is 6.26. The van der Waals surface area contributed by atoms with Gasteiger partial charge in [0.05, 0.1) is 18.9 Å². The molecule has 0 radical (unpaired) electrons. The van der Waals surface area contributed by atoms with Crippen molar-refractivity contribution in [3.8, 4) is 16.9 Å². The summed E-state index contributed by atoms with van der Waals surface area (Å²) < 4.78 is 12.7. The molecule has 1 aliphatic rings. The number of hydrogen-bond donors (Lipinski definition) is 0. The van der Waals surface area contributed by atoms with Gasteiger partial charge in [-0.15, -0.1) is 0 Å². The van der Waals surface area contributed by atoms with Gasteiger partial charge in [0.15, 0.2) is 6.29 Å². The molecule has 2 heterocycles. The van der Waals surface area contributed by atoms with E-state index in [2.05, 4.69) is 5.10 Å². The first-order chi connectivity index (χ1) is 14.2.